The maximum Gasteiger partial charge on any atom is 0.121 e. The zero-order valence-corrected chi connectivity index (χ0v) is 16.3. The highest BCUT2D eigenvalue weighted by molar-refractivity contribution is 6.31. The number of rotatable bonds is 6. The van der Waals surface area contributed by atoms with E-state index in [0.29, 0.717) is 30.5 Å². The van der Waals surface area contributed by atoms with Crippen molar-refractivity contribution < 1.29 is 14.6 Å². The molecule has 3 aromatic rings. The minimum Gasteiger partial charge on any atom is -0.491 e. The second kappa shape index (κ2) is 8.88. The number of benzene rings is 2. The van der Waals surface area contributed by atoms with E-state index >= 15 is 0 Å². The summed E-state index contributed by atoms with van der Waals surface area (Å²) in [7, 11) is 0. The Hall–Kier alpha value is -2.18. The van der Waals surface area contributed by atoms with Gasteiger partial charge in [-0.05, 0) is 29.8 Å². The summed E-state index contributed by atoms with van der Waals surface area (Å²) in [6.07, 6.45) is 1.22. The number of pyridine rings is 1. The lowest BCUT2D eigenvalue weighted by atomic mass is 10.0. The Labute approximate surface area is 169 Å². The van der Waals surface area contributed by atoms with Crippen LogP contribution < -0.4 is 4.74 Å². The smallest absolute Gasteiger partial charge is 0.121 e. The third kappa shape index (κ3) is 4.62. The molecular formula is C22H23ClN2O3. The van der Waals surface area contributed by atoms with Crippen molar-refractivity contribution in [3.05, 3.63) is 59.8 Å². The lowest BCUT2D eigenvalue weighted by Crippen LogP contribution is -2.42. The van der Waals surface area contributed by atoms with Gasteiger partial charge in [-0.1, -0.05) is 35.9 Å². The van der Waals surface area contributed by atoms with Gasteiger partial charge in [-0.15, -0.1) is 0 Å². The summed E-state index contributed by atoms with van der Waals surface area (Å²) in [4.78, 5) is 6.70. The summed E-state index contributed by atoms with van der Waals surface area (Å²) < 4.78 is 11.2. The van der Waals surface area contributed by atoms with Crippen LogP contribution in [0.15, 0.2) is 54.7 Å². The van der Waals surface area contributed by atoms with E-state index < -0.39 is 6.10 Å². The number of hydrogen-bond acceptors (Lipinski definition) is 5. The van der Waals surface area contributed by atoms with Crippen molar-refractivity contribution in [3.8, 4) is 16.9 Å². The molecular weight excluding hydrogens is 376 g/mol. The lowest BCUT2D eigenvalue weighted by Gasteiger charge is -2.28. The maximum absolute atomic E-state index is 10.3. The number of halogens is 1. The molecule has 0 radical (unpaired) electrons. The predicted molar refractivity (Wildman–Crippen MR) is 111 cm³/mol. The van der Waals surface area contributed by atoms with Gasteiger partial charge in [0, 0.05) is 41.8 Å². The summed E-state index contributed by atoms with van der Waals surface area (Å²) in [5.74, 6) is 0.636. The summed E-state index contributed by atoms with van der Waals surface area (Å²) in [5.41, 5.74) is 2.86. The van der Waals surface area contributed by atoms with Crippen LogP contribution >= 0.6 is 11.6 Å². The number of fused-ring (bicyclic) bond motifs is 1. The second-order valence-corrected chi connectivity index (χ2v) is 7.37. The molecule has 2 aromatic carbocycles. The van der Waals surface area contributed by atoms with Crippen LogP contribution in [0.3, 0.4) is 0 Å². The van der Waals surface area contributed by atoms with Gasteiger partial charge >= 0.3 is 0 Å². The van der Waals surface area contributed by atoms with E-state index in [9.17, 15) is 5.11 Å². The van der Waals surface area contributed by atoms with Crippen molar-refractivity contribution in [1.82, 2.24) is 9.88 Å². The number of hydrogen-bond donors (Lipinski definition) is 1. The molecule has 1 aromatic heterocycles. The summed E-state index contributed by atoms with van der Waals surface area (Å²) in [5, 5.41) is 12.0. The van der Waals surface area contributed by atoms with E-state index in [2.05, 4.69) is 9.88 Å². The van der Waals surface area contributed by atoms with Crippen molar-refractivity contribution in [2.75, 3.05) is 39.5 Å². The Kier molecular flexibility index (Phi) is 6.07. The van der Waals surface area contributed by atoms with Gasteiger partial charge in [0.1, 0.15) is 18.5 Å². The number of morpholine rings is 1. The fourth-order valence-corrected chi connectivity index (χ4v) is 3.69. The zero-order chi connectivity index (χ0) is 19.3. The van der Waals surface area contributed by atoms with Crippen LogP contribution in [0.4, 0.5) is 0 Å². The molecule has 0 bridgehead atoms. The van der Waals surface area contributed by atoms with Crippen molar-refractivity contribution in [1.29, 1.82) is 0 Å². The molecule has 1 aliphatic rings. The van der Waals surface area contributed by atoms with E-state index in [4.69, 9.17) is 21.1 Å². The quantitative estimate of drug-likeness (QED) is 0.687. The molecule has 0 amide bonds. The van der Waals surface area contributed by atoms with Crippen molar-refractivity contribution in [2.24, 2.45) is 0 Å². The first-order valence-corrected chi connectivity index (χ1v) is 9.82. The molecule has 1 N–H and O–H groups in total. The summed E-state index contributed by atoms with van der Waals surface area (Å²) in [6.45, 7) is 3.89. The zero-order valence-electron chi connectivity index (χ0n) is 15.6. The van der Waals surface area contributed by atoms with E-state index in [1.165, 1.54) is 0 Å². The average Bonchev–Trinajstić information content (AvgIpc) is 2.72. The molecule has 0 saturated carbocycles. The first-order chi connectivity index (χ1) is 13.7. The van der Waals surface area contributed by atoms with E-state index in [1.807, 2.05) is 42.5 Å². The number of aromatic nitrogens is 1. The molecule has 4 rings (SSSR count). The maximum atomic E-state index is 10.3. The van der Waals surface area contributed by atoms with Crippen LogP contribution in [0, 0.1) is 0 Å². The van der Waals surface area contributed by atoms with Crippen molar-refractivity contribution in [2.45, 2.75) is 6.10 Å². The SMILES string of the molecule is OC(COc1cc(Cl)cc(-c2cccc3cccnc23)c1)CN1CCOCC1. The minimum absolute atomic E-state index is 0.213. The van der Waals surface area contributed by atoms with Crippen LogP contribution in [-0.4, -0.2) is 60.5 Å². The summed E-state index contributed by atoms with van der Waals surface area (Å²) in [6, 6.07) is 15.6. The third-order valence-electron chi connectivity index (χ3n) is 4.83. The molecule has 28 heavy (non-hydrogen) atoms. The molecule has 146 valence electrons. The molecule has 1 aliphatic heterocycles. The largest absolute Gasteiger partial charge is 0.491 e. The minimum atomic E-state index is -0.570. The fourth-order valence-electron chi connectivity index (χ4n) is 3.47. The molecule has 0 spiro atoms. The monoisotopic (exact) mass is 398 g/mol. The van der Waals surface area contributed by atoms with Gasteiger partial charge in [0.15, 0.2) is 0 Å². The van der Waals surface area contributed by atoms with E-state index in [0.717, 1.165) is 35.1 Å². The van der Waals surface area contributed by atoms with Crippen LogP contribution in [-0.2, 0) is 4.74 Å². The number of nitrogens with zero attached hydrogens (tertiary/aromatic N) is 2. The highest BCUT2D eigenvalue weighted by atomic mass is 35.5. The Balaban J connectivity index is 1.49. The van der Waals surface area contributed by atoms with E-state index in [-0.39, 0.29) is 6.61 Å². The van der Waals surface area contributed by atoms with Gasteiger partial charge < -0.3 is 14.6 Å². The molecule has 1 fully saturated rings. The lowest BCUT2D eigenvalue weighted by molar-refractivity contribution is 0.00466. The van der Waals surface area contributed by atoms with Crippen LogP contribution in [0.25, 0.3) is 22.0 Å². The normalized spacial score (nSPS) is 16.2. The van der Waals surface area contributed by atoms with Gasteiger partial charge in [-0.25, -0.2) is 0 Å². The number of aliphatic hydroxyl groups excluding tert-OH is 1. The number of aliphatic hydroxyl groups is 1. The van der Waals surface area contributed by atoms with Crippen LogP contribution in [0.1, 0.15) is 0 Å². The molecule has 1 atom stereocenters. The highest BCUT2D eigenvalue weighted by Gasteiger charge is 2.16. The molecule has 2 heterocycles. The van der Waals surface area contributed by atoms with Gasteiger partial charge in [-0.2, -0.15) is 0 Å². The van der Waals surface area contributed by atoms with Crippen LogP contribution in [0.2, 0.25) is 5.02 Å². The Morgan fingerprint density at radius 3 is 2.82 bits per heavy atom. The molecule has 6 heteroatoms. The second-order valence-electron chi connectivity index (χ2n) is 6.93. The van der Waals surface area contributed by atoms with E-state index in [1.54, 1.807) is 12.3 Å². The number of para-hydroxylation sites is 1. The van der Waals surface area contributed by atoms with Crippen LogP contribution in [0.5, 0.6) is 5.75 Å². The molecule has 1 saturated heterocycles. The van der Waals surface area contributed by atoms with Gasteiger partial charge in [-0.3, -0.25) is 9.88 Å². The van der Waals surface area contributed by atoms with Gasteiger partial charge in [0.05, 0.1) is 18.7 Å². The summed E-state index contributed by atoms with van der Waals surface area (Å²) >= 11 is 6.34. The molecule has 0 aliphatic carbocycles. The fraction of sp³-hybridized carbons (Fsp3) is 0.318. The standard InChI is InChI=1S/C22H23ClN2O3/c23-18-11-17(21-5-1-3-16-4-2-6-24-22(16)21)12-20(13-18)28-15-19(26)14-25-7-9-27-10-8-25/h1-6,11-13,19,26H,7-10,14-15H2. The van der Waals surface area contributed by atoms with Crippen molar-refractivity contribution in [3.63, 3.8) is 0 Å². The number of ether oxygens (including phenoxy) is 2. The Morgan fingerprint density at radius 2 is 1.96 bits per heavy atom. The highest BCUT2D eigenvalue weighted by Crippen LogP contribution is 2.32. The topological polar surface area (TPSA) is 54.8 Å². The Bertz CT molecular complexity index is 939. The molecule has 1 unspecified atom stereocenters. The number of β-amino-alcohol motifs (C(OH)–C–C–N with tert-alkyl or cyclic N) is 1. The molecule has 5 nitrogen and oxygen atoms in total. The van der Waals surface area contributed by atoms with Gasteiger partial charge in [0.25, 0.3) is 0 Å². The van der Waals surface area contributed by atoms with Gasteiger partial charge in [0.2, 0.25) is 0 Å². The predicted octanol–water partition coefficient (Wildman–Crippen LogP) is 3.63. The first-order valence-electron chi connectivity index (χ1n) is 9.45. The van der Waals surface area contributed by atoms with Crippen molar-refractivity contribution >= 4 is 22.5 Å². The Morgan fingerprint density at radius 1 is 1.14 bits per heavy atom. The first kappa shape index (κ1) is 19.2. The third-order valence-corrected chi connectivity index (χ3v) is 5.05. The average molecular weight is 399 g/mol.